The van der Waals surface area contributed by atoms with Crippen LogP contribution in [0.3, 0.4) is 0 Å². The average Bonchev–Trinajstić information content (AvgIpc) is 2.80. The first-order valence-electron chi connectivity index (χ1n) is 10.3. The van der Waals surface area contributed by atoms with Crippen molar-refractivity contribution in [2.75, 3.05) is 43.6 Å². The molecule has 2 aromatic heterocycles. The Hall–Kier alpha value is -3.79. The van der Waals surface area contributed by atoms with Gasteiger partial charge in [-0.05, 0) is 6.92 Å². The number of H-pyrrole nitrogens is 1. The summed E-state index contributed by atoms with van der Waals surface area (Å²) < 4.78 is 44.5. The highest BCUT2D eigenvalue weighted by molar-refractivity contribution is 5.92. The van der Waals surface area contributed by atoms with Gasteiger partial charge in [0.25, 0.3) is 11.5 Å². The number of carbonyl (C=O) groups excluding carboxylic acids is 2. The minimum atomic E-state index is -4.85. The van der Waals surface area contributed by atoms with E-state index in [2.05, 4.69) is 25.7 Å². The van der Waals surface area contributed by atoms with Gasteiger partial charge in [-0.15, -0.1) is 0 Å². The molecule has 192 valence electrons. The summed E-state index contributed by atoms with van der Waals surface area (Å²) in [7, 11) is 1.69. The van der Waals surface area contributed by atoms with Gasteiger partial charge in [0.1, 0.15) is 5.56 Å². The van der Waals surface area contributed by atoms with E-state index in [4.69, 9.17) is 9.94 Å². The molecule has 0 saturated heterocycles. The van der Waals surface area contributed by atoms with Crippen molar-refractivity contribution >= 4 is 23.5 Å². The summed E-state index contributed by atoms with van der Waals surface area (Å²) >= 11 is 0. The summed E-state index contributed by atoms with van der Waals surface area (Å²) in [6.07, 6.45) is -1.47. The molecule has 2 rings (SSSR count). The van der Waals surface area contributed by atoms with Crippen LogP contribution in [0.2, 0.25) is 0 Å². The molecule has 2 amide bonds. The number of alkyl halides is 3. The Morgan fingerprint density at radius 1 is 1.26 bits per heavy atom. The molecular formula is C19H25F3N8O5. The maximum absolute atomic E-state index is 13.1. The van der Waals surface area contributed by atoms with E-state index in [0.717, 1.165) is 6.20 Å². The quantitative estimate of drug-likeness (QED) is 0.153. The van der Waals surface area contributed by atoms with E-state index in [9.17, 15) is 27.6 Å². The number of nitrogens with zero attached hydrogens (tertiary/aromatic N) is 4. The van der Waals surface area contributed by atoms with Crippen molar-refractivity contribution in [1.82, 2.24) is 31.0 Å². The maximum Gasteiger partial charge on any atom is 0.423 e. The van der Waals surface area contributed by atoms with Gasteiger partial charge in [0.15, 0.2) is 0 Å². The van der Waals surface area contributed by atoms with E-state index in [1.54, 1.807) is 24.0 Å². The molecule has 0 saturated carbocycles. The first-order valence-corrected chi connectivity index (χ1v) is 10.3. The van der Waals surface area contributed by atoms with Crippen LogP contribution in [-0.2, 0) is 15.7 Å². The monoisotopic (exact) mass is 502 g/mol. The SMILES string of the molecule is C[C@@H](COCCC(=O)NCCN(C)c1ncc(C(=O)NO)cn1)Nc1cn[nH]c(=O)c1C(F)(F)F. The predicted octanol–water partition coefficient (Wildman–Crippen LogP) is 0.157. The van der Waals surface area contributed by atoms with Crippen LogP contribution in [0.1, 0.15) is 29.3 Å². The molecule has 16 heteroatoms. The van der Waals surface area contributed by atoms with Crippen LogP contribution in [0.4, 0.5) is 24.8 Å². The van der Waals surface area contributed by atoms with Gasteiger partial charge in [-0.1, -0.05) is 0 Å². The maximum atomic E-state index is 13.1. The van der Waals surface area contributed by atoms with Crippen LogP contribution in [0, 0.1) is 0 Å². The third kappa shape index (κ3) is 8.49. The number of aromatic nitrogens is 4. The lowest BCUT2D eigenvalue weighted by Gasteiger charge is -2.18. The van der Waals surface area contributed by atoms with Crippen molar-refractivity contribution < 1.29 is 32.7 Å². The molecule has 0 radical (unpaired) electrons. The van der Waals surface area contributed by atoms with E-state index < -0.39 is 34.9 Å². The molecular weight excluding hydrogens is 477 g/mol. The molecule has 13 nitrogen and oxygen atoms in total. The highest BCUT2D eigenvalue weighted by Crippen LogP contribution is 2.31. The largest absolute Gasteiger partial charge is 0.423 e. The standard InChI is InChI=1S/C19H25F3N8O5/c1-11(27-13-9-26-28-17(33)15(13)19(20,21)22)10-35-6-3-14(31)23-4-5-30(2)18-24-7-12(8-25-18)16(32)29-34/h7-9,11,34H,3-6,10H2,1-2H3,(H,23,31)(H,29,32)(H2,27,28,33)/t11-/m0/s1. The second-order valence-corrected chi connectivity index (χ2v) is 7.34. The van der Waals surface area contributed by atoms with Gasteiger partial charge in [0.05, 0.1) is 30.7 Å². The lowest BCUT2D eigenvalue weighted by atomic mass is 10.2. The summed E-state index contributed by atoms with van der Waals surface area (Å²) in [4.78, 5) is 44.3. The Labute approximate surface area is 197 Å². The molecule has 0 bridgehead atoms. The smallest absolute Gasteiger partial charge is 0.379 e. The Morgan fingerprint density at radius 2 is 1.94 bits per heavy atom. The number of halogens is 3. The number of hydroxylamine groups is 1. The molecule has 0 aliphatic heterocycles. The van der Waals surface area contributed by atoms with Gasteiger partial charge in [-0.2, -0.15) is 18.3 Å². The fraction of sp³-hybridized carbons (Fsp3) is 0.474. The molecule has 2 heterocycles. The Balaban J connectivity index is 1.68. The highest BCUT2D eigenvalue weighted by atomic mass is 19.4. The van der Waals surface area contributed by atoms with Crippen molar-refractivity contribution in [3.05, 3.63) is 40.1 Å². The molecule has 35 heavy (non-hydrogen) atoms. The van der Waals surface area contributed by atoms with Gasteiger partial charge >= 0.3 is 6.18 Å². The van der Waals surface area contributed by atoms with Gasteiger partial charge < -0.3 is 20.3 Å². The minimum Gasteiger partial charge on any atom is -0.379 e. The number of nitrogens with one attached hydrogen (secondary N) is 4. The molecule has 2 aromatic rings. The lowest BCUT2D eigenvalue weighted by molar-refractivity contribution is -0.138. The first-order chi connectivity index (χ1) is 16.5. The number of aromatic amines is 1. The zero-order valence-electron chi connectivity index (χ0n) is 18.8. The number of amides is 2. The molecule has 0 aliphatic rings. The van der Waals surface area contributed by atoms with Gasteiger partial charge in [-0.25, -0.2) is 20.5 Å². The number of rotatable bonds is 12. The topological polar surface area (TPSA) is 174 Å². The number of carbonyl (C=O) groups is 2. The summed E-state index contributed by atoms with van der Waals surface area (Å²) in [5.74, 6) is -0.729. The minimum absolute atomic E-state index is 0.0122. The van der Waals surface area contributed by atoms with Crippen LogP contribution in [0.5, 0.6) is 0 Å². The van der Waals surface area contributed by atoms with Crippen molar-refractivity contribution in [2.24, 2.45) is 0 Å². The fourth-order valence-corrected chi connectivity index (χ4v) is 2.77. The molecule has 0 aromatic carbocycles. The number of anilines is 2. The van der Waals surface area contributed by atoms with Crippen LogP contribution in [-0.4, -0.2) is 76.6 Å². The Morgan fingerprint density at radius 3 is 2.57 bits per heavy atom. The summed E-state index contributed by atoms with van der Waals surface area (Å²) in [5.41, 5.74) is -1.63. The number of hydrogen-bond donors (Lipinski definition) is 5. The highest BCUT2D eigenvalue weighted by Gasteiger charge is 2.37. The van der Waals surface area contributed by atoms with E-state index in [1.165, 1.54) is 17.9 Å². The summed E-state index contributed by atoms with van der Waals surface area (Å²) in [6.45, 7) is 2.21. The normalized spacial score (nSPS) is 12.1. The first kappa shape index (κ1) is 27.5. The number of likely N-dealkylation sites (N-methyl/N-ethyl adjacent to an activating group) is 1. The molecule has 0 fully saturated rings. The van der Waals surface area contributed by atoms with Gasteiger partial charge in [0.2, 0.25) is 11.9 Å². The van der Waals surface area contributed by atoms with Gasteiger partial charge in [0, 0.05) is 45.0 Å². The second kappa shape index (κ2) is 12.6. The third-order valence-corrected chi connectivity index (χ3v) is 4.50. The number of hydrogen-bond acceptors (Lipinski definition) is 10. The second-order valence-electron chi connectivity index (χ2n) is 7.34. The van der Waals surface area contributed by atoms with Crippen LogP contribution < -0.4 is 26.6 Å². The third-order valence-electron chi connectivity index (χ3n) is 4.50. The molecule has 0 aliphatic carbocycles. The van der Waals surface area contributed by atoms with Crippen molar-refractivity contribution in [3.8, 4) is 0 Å². The van der Waals surface area contributed by atoms with Crippen molar-refractivity contribution in [3.63, 3.8) is 0 Å². The zero-order chi connectivity index (χ0) is 26.0. The number of ether oxygens (including phenoxy) is 1. The average molecular weight is 502 g/mol. The molecule has 0 spiro atoms. The lowest BCUT2D eigenvalue weighted by Crippen LogP contribution is -2.34. The molecule has 0 unspecified atom stereocenters. The zero-order valence-corrected chi connectivity index (χ0v) is 18.8. The van der Waals surface area contributed by atoms with Crippen molar-refractivity contribution in [1.29, 1.82) is 0 Å². The molecule has 1 atom stereocenters. The Kier molecular flexibility index (Phi) is 9.89. The van der Waals surface area contributed by atoms with E-state index in [0.29, 0.717) is 12.5 Å². The van der Waals surface area contributed by atoms with Crippen LogP contribution in [0.25, 0.3) is 0 Å². The van der Waals surface area contributed by atoms with Crippen LogP contribution in [0.15, 0.2) is 23.4 Å². The van der Waals surface area contributed by atoms with E-state index >= 15 is 0 Å². The predicted molar refractivity (Wildman–Crippen MR) is 116 cm³/mol. The summed E-state index contributed by atoms with van der Waals surface area (Å²) in [6, 6.07) is -0.591. The van der Waals surface area contributed by atoms with Gasteiger partial charge in [-0.3, -0.25) is 19.6 Å². The summed E-state index contributed by atoms with van der Waals surface area (Å²) in [5, 5.41) is 18.9. The van der Waals surface area contributed by atoms with E-state index in [1.807, 2.05) is 0 Å². The molecule has 5 N–H and O–H groups in total. The van der Waals surface area contributed by atoms with E-state index in [-0.39, 0.29) is 37.6 Å². The van der Waals surface area contributed by atoms with Crippen LogP contribution >= 0.6 is 0 Å². The fourth-order valence-electron chi connectivity index (χ4n) is 2.77. The van der Waals surface area contributed by atoms with Crippen molar-refractivity contribution in [2.45, 2.75) is 25.6 Å². The Bertz CT molecular complexity index is 1050.